The molecular weight excluding hydrogens is 378 g/mol. The van der Waals surface area contributed by atoms with E-state index < -0.39 is 0 Å². The second-order valence-electron chi connectivity index (χ2n) is 5.28. The fraction of sp³-hybridized carbons (Fsp3) is 0.250. The van der Waals surface area contributed by atoms with Gasteiger partial charge in [-0.05, 0) is 54.1 Å². The van der Waals surface area contributed by atoms with Crippen LogP contribution in [0.2, 0.25) is 5.02 Å². The van der Waals surface area contributed by atoms with Crippen LogP contribution >= 0.6 is 34.7 Å². The highest BCUT2D eigenvalue weighted by molar-refractivity contribution is 7.99. The number of hydrogen-bond acceptors (Lipinski definition) is 6. The van der Waals surface area contributed by atoms with Gasteiger partial charge in [-0.25, -0.2) is 0 Å². The summed E-state index contributed by atoms with van der Waals surface area (Å²) < 4.78 is 1.53. The van der Waals surface area contributed by atoms with E-state index in [2.05, 4.69) is 20.8 Å². The van der Waals surface area contributed by atoms with Crippen LogP contribution in [-0.4, -0.2) is 38.4 Å². The maximum absolute atomic E-state index is 12.6. The molecule has 0 saturated carbocycles. The SMILES string of the molecule is Cc1sc(-n2cnnn2)c(C(=O)NCCSc2ccc(Cl)cc2)c1C. The zero-order chi connectivity index (χ0) is 17.8. The summed E-state index contributed by atoms with van der Waals surface area (Å²) in [6, 6.07) is 7.66. The van der Waals surface area contributed by atoms with E-state index in [9.17, 15) is 4.79 Å². The predicted molar refractivity (Wildman–Crippen MR) is 101 cm³/mol. The number of thiophene rings is 1. The first-order chi connectivity index (χ1) is 12.1. The zero-order valence-corrected chi connectivity index (χ0v) is 16.1. The van der Waals surface area contributed by atoms with Crippen molar-refractivity contribution in [3.63, 3.8) is 0 Å². The van der Waals surface area contributed by atoms with Gasteiger partial charge in [-0.1, -0.05) is 11.6 Å². The van der Waals surface area contributed by atoms with E-state index in [1.165, 1.54) is 22.3 Å². The van der Waals surface area contributed by atoms with Crippen LogP contribution in [0, 0.1) is 13.8 Å². The average Bonchev–Trinajstić information content (AvgIpc) is 3.22. The van der Waals surface area contributed by atoms with Gasteiger partial charge in [-0.15, -0.1) is 28.2 Å². The molecule has 0 spiro atoms. The summed E-state index contributed by atoms with van der Waals surface area (Å²) in [5, 5.41) is 15.6. The molecule has 0 atom stereocenters. The number of aryl methyl sites for hydroxylation is 1. The Kier molecular flexibility index (Phi) is 5.72. The van der Waals surface area contributed by atoms with Crippen LogP contribution in [0.4, 0.5) is 0 Å². The summed E-state index contributed by atoms with van der Waals surface area (Å²) in [6.07, 6.45) is 1.50. The van der Waals surface area contributed by atoms with Gasteiger partial charge in [-0.3, -0.25) is 4.79 Å². The smallest absolute Gasteiger partial charge is 0.254 e. The minimum Gasteiger partial charge on any atom is -0.351 e. The van der Waals surface area contributed by atoms with Crippen molar-refractivity contribution in [2.45, 2.75) is 18.7 Å². The van der Waals surface area contributed by atoms with Gasteiger partial charge in [0.05, 0.1) is 5.56 Å². The molecule has 3 aromatic rings. The van der Waals surface area contributed by atoms with Crippen LogP contribution in [0.15, 0.2) is 35.5 Å². The number of rotatable bonds is 6. The number of tetrazole rings is 1. The Morgan fingerprint density at radius 1 is 1.32 bits per heavy atom. The van der Waals surface area contributed by atoms with E-state index in [0.29, 0.717) is 12.1 Å². The molecule has 0 saturated heterocycles. The van der Waals surface area contributed by atoms with Crippen molar-refractivity contribution in [2.75, 3.05) is 12.3 Å². The summed E-state index contributed by atoms with van der Waals surface area (Å²) in [6.45, 7) is 4.49. The molecule has 25 heavy (non-hydrogen) atoms. The average molecular weight is 394 g/mol. The molecule has 0 radical (unpaired) electrons. The van der Waals surface area contributed by atoms with Crippen LogP contribution in [0.1, 0.15) is 20.8 Å². The standard InChI is InChI=1S/C16H16ClN5OS2/c1-10-11(2)25-16(22-9-19-20-21-22)14(10)15(23)18-7-8-24-13-5-3-12(17)4-6-13/h3-6,9H,7-8H2,1-2H3,(H,18,23). The third-order valence-corrected chi connectivity index (χ3v) is 6.08. The molecule has 0 aliphatic carbocycles. The van der Waals surface area contributed by atoms with Gasteiger partial charge >= 0.3 is 0 Å². The number of nitrogens with zero attached hydrogens (tertiary/aromatic N) is 4. The number of amides is 1. The van der Waals surface area contributed by atoms with Crippen molar-refractivity contribution < 1.29 is 4.79 Å². The van der Waals surface area contributed by atoms with Gasteiger partial charge in [0, 0.05) is 27.1 Å². The van der Waals surface area contributed by atoms with Gasteiger partial charge in [-0.2, -0.15) is 4.68 Å². The molecule has 3 rings (SSSR count). The van der Waals surface area contributed by atoms with Crippen LogP contribution < -0.4 is 5.32 Å². The summed E-state index contributed by atoms with van der Waals surface area (Å²) in [7, 11) is 0. The Labute approximate surface area is 158 Å². The van der Waals surface area contributed by atoms with Gasteiger partial charge in [0.25, 0.3) is 5.91 Å². The van der Waals surface area contributed by atoms with Crippen molar-refractivity contribution in [1.82, 2.24) is 25.5 Å². The van der Waals surface area contributed by atoms with E-state index in [0.717, 1.165) is 31.1 Å². The van der Waals surface area contributed by atoms with Crippen molar-refractivity contribution in [3.05, 3.63) is 51.6 Å². The lowest BCUT2D eigenvalue weighted by Crippen LogP contribution is -2.27. The molecule has 1 amide bonds. The number of thioether (sulfide) groups is 1. The van der Waals surface area contributed by atoms with Crippen LogP contribution in [-0.2, 0) is 0 Å². The van der Waals surface area contributed by atoms with Gasteiger partial charge < -0.3 is 5.32 Å². The number of benzene rings is 1. The molecule has 0 fully saturated rings. The molecule has 1 N–H and O–H groups in total. The molecule has 0 unspecified atom stereocenters. The fourth-order valence-electron chi connectivity index (χ4n) is 2.24. The molecule has 130 valence electrons. The largest absolute Gasteiger partial charge is 0.351 e. The molecule has 0 aliphatic heterocycles. The number of aromatic nitrogens is 4. The van der Waals surface area contributed by atoms with E-state index in [1.807, 2.05) is 38.1 Å². The summed E-state index contributed by atoms with van der Waals surface area (Å²) in [4.78, 5) is 14.8. The Morgan fingerprint density at radius 3 is 2.76 bits per heavy atom. The summed E-state index contributed by atoms with van der Waals surface area (Å²) in [5.41, 5.74) is 1.59. The minimum absolute atomic E-state index is 0.107. The highest BCUT2D eigenvalue weighted by atomic mass is 35.5. The second-order valence-corrected chi connectivity index (χ2v) is 8.08. The predicted octanol–water partition coefficient (Wildman–Crippen LogP) is 3.52. The number of carbonyl (C=O) groups is 1. The lowest BCUT2D eigenvalue weighted by molar-refractivity contribution is 0.0956. The Bertz CT molecular complexity index is 862. The quantitative estimate of drug-likeness (QED) is 0.512. The summed E-state index contributed by atoms with van der Waals surface area (Å²) >= 11 is 9.05. The number of carbonyl (C=O) groups excluding carboxylic acids is 1. The summed E-state index contributed by atoms with van der Waals surface area (Å²) in [5.74, 6) is 0.666. The van der Waals surface area contributed by atoms with Crippen LogP contribution in [0.3, 0.4) is 0 Å². The van der Waals surface area contributed by atoms with Gasteiger partial charge in [0.15, 0.2) is 0 Å². The maximum Gasteiger partial charge on any atom is 0.254 e. The zero-order valence-electron chi connectivity index (χ0n) is 13.7. The van der Waals surface area contributed by atoms with Gasteiger partial charge in [0.2, 0.25) is 0 Å². The Hall–Kier alpha value is -1.90. The van der Waals surface area contributed by atoms with E-state index in [-0.39, 0.29) is 5.91 Å². The molecular formula is C16H16ClN5OS2. The maximum atomic E-state index is 12.6. The van der Waals surface area contributed by atoms with Crippen LogP contribution in [0.5, 0.6) is 0 Å². The minimum atomic E-state index is -0.107. The molecule has 1 aromatic carbocycles. The number of halogens is 1. The van der Waals surface area contributed by atoms with Crippen molar-refractivity contribution >= 4 is 40.6 Å². The molecule has 6 nitrogen and oxygen atoms in total. The molecule has 2 heterocycles. The first-order valence-electron chi connectivity index (χ1n) is 7.56. The van der Waals surface area contributed by atoms with Gasteiger partial charge in [0.1, 0.15) is 11.3 Å². The van der Waals surface area contributed by atoms with E-state index >= 15 is 0 Å². The van der Waals surface area contributed by atoms with E-state index in [4.69, 9.17) is 11.6 Å². The highest BCUT2D eigenvalue weighted by Crippen LogP contribution is 2.30. The molecule has 9 heteroatoms. The first-order valence-corrected chi connectivity index (χ1v) is 9.74. The Balaban J connectivity index is 1.63. The normalized spacial score (nSPS) is 10.8. The first kappa shape index (κ1) is 17.9. The monoisotopic (exact) mass is 393 g/mol. The molecule has 2 aromatic heterocycles. The lowest BCUT2D eigenvalue weighted by atomic mass is 10.1. The molecule has 0 aliphatic rings. The van der Waals surface area contributed by atoms with Crippen molar-refractivity contribution in [3.8, 4) is 5.00 Å². The third kappa shape index (κ3) is 4.20. The topological polar surface area (TPSA) is 72.7 Å². The van der Waals surface area contributed by atoms with Crippen molar-refractivity contribution in [2.24, 2.45) is 0 Å². The molecule has 0 bridgehead atoms. The number of hydrogen-bond donors (Lipinski definition) is 1. The van der Waals surface area contributed by atoms with Crippen LogP contribution in [0.25, 0.3) is 5.00 Å². The second kappa shape index (κ2) is 7.99. The van der Waals surface area contributed by atoms with Crippen molar-refractivity contribution in [1.29, 1.82) is 0 Å². The highest BCUT2D eigenvalue weighted by Gasteiger charge is 2.21. The fourth-order valence-corrected chi connectivity index (χ4v) is 4.21. The Morgan fingerprint density at radius 2 is 2.08 bits per heavy atom. The lowest BCUT2D eigenvalue weighted by Gasteiger charge is -2.07. The number of nitrogens with one attached hydrogen (secondary N) is 1. The third-order valence-electron chi connectivity index (χ3n) is 3.62. The van der Waals surface area contributed by atoms with E-state index in [1.54, 1.807) is 11.8 Å².